The maximum Gasteiger partial charge on any atom is 0.273 e. The molecular weight excluding hydrogens is 418 g/mol. The van der Waals surface area contributed by atoms with Gasteiger partial charge in [-0.2, -0.15) is 5.10 Å². The molecule has 5 nitrogen and oxygen atoms in total. The molecule has 0 saturated heterocycles. The quantitative estimate of drug-likeness (QED) is 0.447. The third kappa shape index (κ3) is 4.92. The van der Waals surface area contributed by atoms with E-state index in [1.165, 1.54) is 0 Å². The first-order valence-corrected chi connectivity index (χ1v) is 9.39. The van der Waals surface area contributed by atoms with Gasteiger partial charge < -0.3 is 5.32 Å². The lowest BCUT2D eigenvalue weighted by Gasteiger charge is -2.10. The number of hydrazone groups is 1. The Kier molecular flexibility index (Phi) is 6.34. The molecule has 0 aliphatic heterocycles. The van der Waals surface area contributed by atoms with Crippen molar-refractivity contribution in [3.8, 4) is 0 Å². The molecule has 0 aromatic heterocycles. The molecule has 0 atom stereocenters. The molecule has 0 heterocycles. The minimum absolute atomic E-state index is 0.309. The van der Waals surface area contributed by atoms with E-state index in [1.807, 2.05) is 37.3 Å². The number of hydrogen-bond acceptors (Lipinski definition) is 3. The highest BCUT2D eigenvalue weighted by Crippen LogP contribution is 2.20. The van der Waals surface area contributed by atoms with Crippen molar-refractivity contribution in [3.63, 3.8) is 0 Å². The number of nitrogens with zero attached hydrogens (tertiary/aromatic N) is 1. The van der Waals surface area contributed by atoms with Gasteiger partial charge in [0.05, 0.1) is 23.0 Å². The molecule has 0 bridgehead atoms. The molecule has 0 aliphatic rings. The Balaban J connectivity index is 1.72. The Morgan fingerprint density at radius 1 is 0.857 bits per heavy atom. The smallest absolute Gasteiger partial charge is 0.273 e. The average molecular weight is 436 g/mol. The van der Waals surface area contributed by atoms with E-state index in [1.54, 1.807) is 48.7 Å². The van der Waals surface area contributed by atoms with Crippen molar-refractivity contribution >= 4 is 39.6 Å². The second kappa shape index (κ2) is 9.10. The molecule has 0 saturated carbocycles. The number of carbonyl (C=O) groups is 2. The van der Waals surface area contributed by atoms with Gasteiger partial charge in [0.2, 0.25) is 0 Å². The van der Waals surface area contributed by atoms with Crippen molar-refractivity contribution in [2.45, 2.75) is 6.92 Å². The number of amides is 2. The molecule has 0 aliphatic carbocycles. The van der Waals surface area contributed by atoms with E-state index >= 15 is 0 Å². The molecule has 0 radical (unpaired) electrons. The fourth-order valence-corrected chi connectivity index (χ4v) is 2.97. The van der Waals surface area contributed by atoms with E-state index in [4.69, 9.17) is 0 Å². The summed E-state index contributed by atoms with van der Waals surface area (Å²) >= 11 is 3.36. The molecule has 3 aromatic carbocycles. The number of anilines is 1. The van der Waals surface area contributed by atoms with Gasteiger partial charge in [-0.25, -0.2) is 5.43 Å². The Morgan fingerprint density at radius 2 is 1.50 bits per heavy atom. The van der Waals surface area contributed by atoms with Gasteiger partial charge >= 0.3 is 0 Å². The SMILES string of the molecule is Cc1ccc(/C=N\NC(=O)c2ccccc2NC(=O)c2ccccc2Br)cc1. The minimum Gasteiger partial charge on any atom is -0.321 e. The van der Waals surface area contributed by atoms with Crippen LogP contribution in [0.2, 0.25) is 0 Å². The van der Waals surface area contributed by atoms with Crippen LogP contribution in [-0.4, -0.2) is 18.0 Å². The summed E-state index contributed by atoms with van der Waals surface area (Å²) in [4.78, 5) is 25.0. The fraction of sp³-hybridized carbons (Fsp3) is 0.0455. The van der Waals surface area contributed by atoms with Gasteiger partial charge in [-0.1, -0.05) is 54.1 Å². The lowest BCUT2D eigenvalue weighted by Crippen LogP contribution is -2.21. The first-order valence-electron chi connectivity index (χ1n) is 8.59. The van der Waals surface area contributed by atoms with Crippen LogP contribution in [0.5, 0.6) is 0 Å². The van der Waals surface area contributed by atoms with Crippen molar-refractivity contribution in [1.82, 2.24) is 5.43 Å². The van der Waals surface area contributed by atoms with Crippen molar-refractivity contribution in [3.05, 3.63) is 99.5 Å². The standard InChI is InChI=1S/C22H18BrN3O2/c1-15-10-12-16(13-11-15)14-24-26-22(28)18-7-3-5-9-20(18)25-21(27)17-6-2-4-8-19(17)23/h2-14H,1H3,(H,25,27)(H,26,28)/b24-14-. The van der Waals surface area contributed by atoms with Crippen LogP contribution in [0.15, 0.2) is 82.4 Å². The minimum atomic E-state index is -0.411. The summed E-state index contributed by atoms with van der Waals surface area (Å²) in [6, 6.07) is 21.6. The van der Waals surface area contributed by atoms with Crippen LogP contribution in [0.4, 0.5) is 5.69 Å². The highest BCUT2D eigenvalue weighted by atomic mass is 79.9. The Labute approximate surface area is 171 Å². The zero-order valence-corrected chi connectivity index (χ0v) is 16.7. The molecule has 6 heteroatoms. The van der Waals surface area contributed by atoms with Crippen LogP contribution in [0.3, 0.4) is 0 Å². The van der Waals surface area contributed by atoms with Crippen LogP contribution in [0.25, 0.3) is 0 Å². The third-order valence-corrected chi connectivity index (χ3v) is 4.69. The van der Waals surface area contributed by atoms with Gasteiger partial charge in [-0.15, -0.1) is 0 Å². The Hall–Kier alpha value is -3.25. The highest BCUT2D eigenvalue weighted by molar-refractivity contribution is 9.10. The summed E-state index contributed by atoms with van der Waals surface area (Å²) in [6.07, 6.45) is 1.57. The summed E-state index contributed by atoms with van der Waals surface area (Å²) in [5.74, 6) is -0.720. The second-order valence-corrected chi connectivity index (χ2v) is 6.94. The number of hydrogen-bond donors (Lipinski definition) is 2. The van der Waals surface area contributed by atoms with E-state index in [0.717, 1.165) is 11.1 Å². The van der Waals surface area contributed by atoms with E-state index in [0.29, 0.717) is 21.3 Å². The van der Waals surface area contributed by atoms with Gasteiger partial charge in [-0.05, 0) is 52.7 Å². The number of carbonyl (C=O) groups excluding carboxylic acids is 2. The summed E-state index contributed by atoms with van der Waals surface area (Å²) in [6.45, 7) is 2.00. The molecule has 28 heavy (non-hydrogen) atoms. The largest absolute Gasteiger partial charge is 0.321 e. The van der Waals surface area contributed by atoms with Crippen molar-refractivity contribution in [2.24, 2.45) is 5.10 Å². The average Bonchev–Trinajstić information content (AvgIpc) is 2.70. The Morgan fingerprint density at radius 3 is 2.21 bits per heavy atom. The second-order valence-electron chi connectivity index (χ2n) is 6.09. The maximum atomic E-state index is 12.5. The summed E-state index contributed by atoms with van der Waals surface area (Å²) in [7, 11) is 0. The van der Waals surface area contributed by atoms with Gasteiger partial charge in [0.25, 0.3) is 11.8 Å². The van der Waals surface area contributed by atoms with E-state index in [-0.39, 0.29) is 5.91 Å². The molecule has 3 aromatic rings. The van der Waals surface area contributed by atoms with Gasteiger partial charge in [0.15, 0.2) is 0 Å². The first-order chi connectivity index (χ1) is 13.5. The zero-order chi connectivity index (χ0) is 19.9. The molecule has 3 rings (SSSR count). The van der Waals surface area contributed by atoms with Crippen LogP contribution < -0.4 is 10.7 Å². The van der Waals surface area contributed by atoms with E-state index in [2.05, 4.69) is 31.8 Å². The van der Waals surface area contributed by atoms with Gasteiger partial charge in [0, 0.05) is 4.47 Å². The van der Waals surface area contributed by atoms with Crippen LogP contribution in [-0.2, 0) is 0 Å². The Bertz CT molecular complexity index is 1030. The third-order valence-electron chi connectivity index (χ3n) is 4.00. The molecule has 0 unspecified atom stereocenters. The predicted octanol–water partition coefficient (Wildman–Crippen LogP) is 4.77. The number of benzene rings is 3. The van der Waals surface area contributed by atoms with Crippen molar-refractivity contribution in [2.75, 3.05) is 5.32 Å². The molecular formula is C22H18BrN3O2. The van der Waals surface area contributed by atoms with E-state index < -0.39 is 5.91 Å². The normalized spacial score (nSPS) is 10.6. The number of aryl methyl sites for hydroxylation is 1. The summed E-state index contributed by atoms with van der Waals surface area (Å²) in [5, 5.41) is 6.78. The van der Waals surface area contributed by atoms with Gasteiger partial charge in [-0.3, -0.25) is 9.59 Å². The zero-order valence-electron chi connectivity index (χ0n) is 15.1. The maximum absolute atomic E-state index is 12.5. The van der Waals surface area contributed by atoms with E-state index in [9.17, 15) is 9.59 Å². The number of rotatable bonds is 5. The van der Waals surface area contributed by atoms with Crippen LogP contribution in [0.1, 0.15) is 31.8 Å². The predicted molar refractivity (Wildman–Crippen MR) is 115 cm³/mol. The van der Waals surface area contributed by atoms with Crippen LogP contribution >= 0.6 is 15.9 Å². The van der Waals surface area contributed by atoms with Crippen LogP contribution in [0, 0.1) is 6.92 Å². The molecule has 2 amide bonds. The summed E-state index contributed by atoms with van der Waals surface area (Å²) < 4.78 is 0.678. The molecule has 140 valence electrons. The summed E-state index contributed by atoms with van der Waals surface area (Å²) in [5.41, 5.74) is 5.74. The number of nitrogens with one attached hydrogen (secondary N) is 2. The number of para-hydroxylation sites is 1. The van der Waals surface area contributed by atoms with Crippen molar-refractivity contribution < 1.29 is 9.59 Å². The number of halogens is 1. The topological polar surface area (TPSA) is 70.6 Å². The monoisotopic (exact) mass is 435 g/mol. The molecule has 2 N–H and O–H groups in total. The molecule has 0 fully saturated rings. The molecule has 0 spiro atoms. The first kappa shape index (κ1) is 19.5. The fourth-order valence-electron chi connectivity index (χ4n) is 2.50. The van der Waals surface area contributed by atoms with Gasteiger partial charge in [0.1, 0.15) is 0 Å². The lowest BCUT2D eigenvalue weighted by atomic mass is 10.1. The lowest BCUT2D eigenvalue weighted by molar-refractivity contribution is 0.0956. The highest BCUT2D eigenvalue weighted by Gasteiger charge is 2.15. The van der Waals surface area contributed by atoms with Crippen molar-refractivity contribution in [1.29, 1.82) is 0 Å².